The maximum atomic E-state index is 12.2. The van der Waals surface area contributed by atoms with Crippen LogP contribution in [0.4, 0.5) is 4.79 Å². The van der Waals surface area contributed by atoms with Crippen molar-refractivity contribution in [3.63, 3.8) is 0 Å². The smallest absolute Gasteiger partial charge is 0.325 e. The summed E-state index contributed by atoms with van der Waals surface area (Å²) >= 11 is 1.14. The van der Waals surface area contributed by atoms with Crippen molar-refractivity contribution in [2.75, 3.05) is 18.8 Å². The van der Waals surface area contributed by atoms with Crippen molar-refractivity contribution in [3.8, 4) is 0 Å². The van der Waals surface area contributed by atoms with Gasteiger partial charge in [0.25, 0.3) is 0 Å². The van der Waals surface area contributed by atoms with Gasteiger partial charge in [-0.05, 0) is 31.0 Å². The zero-order valence-electron chi connectivity index (χ0n) is 13.2. The van der Waals surface area contributed by atoms with E-state index in [-0.39, 0.29) is 5.12 Å². The Morgan fingerprint density at radius 1 is 1.30 bits per heavy atom. The molecule has 1 aromatic heterocycles. The van der Waals surface area contributed by atoms with Crippen LogP contribution in [0.25, 0.3) is 0 Å². The van der Waals surface area contributed by atoms with Crippen molar-refractivity contribution in [3.05, 3.63) is 30.1 Å². The van der Waals surface area contributed by atoms with Crippen molar-refractivity contribution in [2.45, 2.75) is 26.3 Å². The van der Waals surface area contributed by atoms with Crippen LogP contribution in [0.15, 0.2) is 24.5 Å². The van der Waals surface area contributed by atoms with Crippen LogP contribution in [0.3, 0.4) is 0 Å². The molecule has 0 aliphatic carbocycles. The minimum atomic E-state index is -1.09. The molecular weight excluding hydrogens is 318 g/mol. The quantitative estimate of drug-likeness (QED) is 0.742. The molecule has 1 atom stereocenters. The van der Waals surface area contributed by atoms with Crippen LogP contribution >= 0.6 is 11.8 Å². The minimum absolute atomic E-state index is 0.0154. The number of carbonyl (C=O) groups excluding carboxylic acids is 2. The molecule has 0 unspecified atom stereocenters. The van der Waals surface area contributed by atoms with Gasteiger partial charge in [0.15, 0.2) is 5.12 Å². The summed E-state index contributed by atoms with van der Waals surface area (Å²) in [5.41, 5.74) is 1.03. The normalized spacial score (nSPS) is 11.6. The maximum Gasteiger partial charge on any atom is 0.325 e. The Kier molecular flexibility index (Phi) is 8.10. The van der Waals surface area contributed by atoms with E-state index in [0.29, 0.717) is 25.3 Å². The van der Waals surface area contributed by atoms with Gasteiger partial charge in [0.1, 0.15) is 6.04 Å². The highest BCUT2D eigenvalue weighted by Crippen LogP contribution is 2.05. The van der Waals surface area contributed by atoms with Crippen LogP contribution in [-0.2, 0) is 16.0 Å². The summed E-state index contributed by atoms with van der Waals surface area (Å²) in [6, 6.07) is 2.31. The molecule has 1 rings (SSSR count). The highest BCUT2D eigenvalue weighted by atomic mass is 32.2. The molecular formula is C15H21N3O4S. The Bertz CT molecular complexity index is 539. The van der Waals surface area contributed by atoms with Crippen LogP contribution < -0.4 is 5.32 Å². The number of hydrogen-bond acceptors (Lipinski definition) is 5. The van der Waals surface area contributed by atoms with E-state index in [1.54, 1.807) is 12.4 Å². The molecule has 126 valence electrons. The number of rotatable bonds is 8. The lowest BCUT2D eigenvalue weighted by Gasteiger charge is -2.24. The van der Waals surface area contributed by atoms with Crippen LogP contribution in [0.2, 0.25) is 0 Å². The van der Waals surface area contributed by atoms with E-state index in [2.05, 4.69) is 10.3 Å². The van der Waals surface area contributed by atoms with Crippen LogP contribution in [0, 0.1) is 0 Å². The third-order valence-corrected chi connectivity index (χ3v) is 3.88. The van der Waals surface area contributed by atoms with E-state index in [4.69, 9.17) is 5.11 Å². The molecule has 0 fully saturated rings. The van der Waals surface area contributed by atoms with Crippen molar-refractivity contribution >= 4 is 28.9 Å². The summed E-state index contributed by atoms with van der Waals surface area (Å²) in [4.78, 5) is 39.5. The second-order valence-electron chi connectivity index (χ2n) is 4.94. The predicted molar refractivity (Wildman–Crippen MR) is 88.3 cm³/mol. The van der Waals surface area contributed by atoms with Crippen molar-refractivity contribution < 1.29 is 19.5 Å². The zero-order valence-corrected chi connectivity index (χ0v) is 14.0. The van der Waals surface area contributed by atoms with Crippen LogP contribution in [-0.4, -0.2) is 57.0 Å². The zero-order chi connectivity index (χ0) is 17.2. The van der Waals surface area contributed by atoms with E-state index >= 15 is 0 Å². The molecule has 0 spiro atoms. The van der Waals surface area contributed by atoms with E-state index in [0.717, 1.165) is 17.3 Å². The van der Waals surface area contributed by atoms with E-state index in [1.165, 1.54) is 18.7 Å². The van der Waals surface area contributed by atoms with Gasteiger partial charge in [0, 0.05) is 38.2 Å². The largest absolute Gasteiger partial charge is 0.480 e. The number of amides is 2. The predicted octanol–water partition coefficient (Wildman–Crippen LogP) is 1.39. The van der Waals surface area contributed by atoms with Crippen molar-refractivity contribution in [1.29, 1.82) is 0 Å². The number of carbonyl (C=O) groups is 3. The van der Waals surface area contributed by atoms with Gasteiger partial charge in [-0.3, -0.25) is 14.6 Å². The molecule has 1 aromatic rings. The number of pyridine rings is 1. The number of aliphatic carboxylic acids is 1. The Morgan fingerprint density at radius 2 is 1.96 bits per heavy atom. The molecule has 7 nitrogen and oxygen atoms in total. The molecule has 0 aromatic carbocycles. The Hall–Kier alpha value is -2.09. The van der Waals surface area contributed by atoms with Crippen molar-refractivity contribution in [1.82, 2.24) is 15.2 Å². The van der Waals surface area contributed by atoms with Gasteiger partial charge in [-0.2, -0.15) is 0 Å². The Balaban J connectivity index is 2.61. The molecule has 0 bridgehead atoms. The molecule has 0 aliphatic rings. The van der Waals surface area contributed by atoms with Gasteiger partial charge in [-0.15, -0.1) is 0 Å². The van der Waals surface area contributed by atoms with Gasteiger partial charge in [0.05, 0.1) is 0 Å². The molecule has 23 heavy (non-hydrogen) atoms. The summed E-state index contributed by atoms with van der Waals surface area (Å²) in [5.74, 6) is -0.619. The van der Waals surface area contributed by atoms with Gasteiger partial charge in [-0.25, -0.2) is 4.79 Å². The maximum absolute atomic E-state index is 12.2. The summed E-state index contributed by atoms with van der Waals surface area (Å²) in [7, 11) is 0. The third kappa shape index (κ3) is 7.64. The third-order valence-electron chi connectivity index (χ3n) is 3.08. The van der Waals surface area contributed by atoms with Gasteiger partial charge in [0.2, 0.25) is 0 Å². The first kappa shape index (κ1) is 19.0. The van der Waals surface area contributed by atoms with E-state index < -0.39 is 18.0 Å². The highest BCUT2D eigenvalue weighted by molar-refractivity contribution is 8.13. The number of hydrogen-bond donors (Lipinski definition) is 2. The molecule has 0 saturated heterocycles. The van der Waals surface area contributed by atoms with Gasteiger partial charge >= 0.3 is 12.0 Å². The number of carboxylic acids is 1. The van der Waals surface area contributed by atoms with Crippen LogP contribution in [0.5, 0.6) is 0 Å². The van der Waals surface area contributed by atoms with E-state index in [9.17, 15) is 14.4 Å². The number of carboxylic acid groups (broad SMARTS) is 1. The molecule has 8 heteroatoms. The lowest BCUT2D eigenvalue weighted by molar-refractivity contribution is -0.138. The average molecular weight is 339 g/mol. The van der Waals surface area contributed by atoms with Crippen molar-refractivity contribution in [2.24, 2.45) is 0 Å². The lowest BCUT2D eigenvalue weighted by atomic mass is 10.2. The Morgan fingerprint density at radius 3 is 2.52 bits per heavy atom. The first-order valence-corrected chi connectivity index (χ1v) is 8.19. The minimum Gasteiger partial charge on any atom is -0.480 e. The highest BCUT2D eigenvalue weighted by Gasteiger charge is 2.19. The molecule has 0 radical (unpaired) electrons. The number of urea groups is 1. The molecule has 0 aliphatic heterocycles. The number of thioether (sulfide) groups is 1. The van der Waals surface area contributed by atoms with Crippen LogP contribution in [0.1, 0.15) is 19.4 Å². The lowest BCUT2D eigenvalue weighted by Crippen LogP contribution is -2.48. The van der Waals surface area contributed by atoms with Gasteiger partial charge in [-0.1, -0.05) is 11.8 Å². The summed E-state index contributed by atoms with van der Waals surface area (Å²) in [6.45, 7) is 3.68. The van der Waals surface area contributed by atoms with Gasteiger partial charge < -0.3 is 15.3 Å². The first-order chi connectivity index (χ1) is 10.9. The SMILES string of the molecule is CC(=O)SCCN(CCc1ccncc1)C(=O)N[C@@H](C)C(=O)O. The second kappa shape index (κ2) is 9.83. The number of nitrogens with one attached hydrogen (secondary N) is 1. The summed E-state index contributed by atoms with van der Waals surface area (Å²) < 4.78 is 0. The number of nitrogens with zero attached hydrogens (tertiary/aromatic N) is 2. The molecule has 1 heterocycles. The fourth-order valence-corrected chi connectivity index (χ4v) is 2.37. The summed E-state index contributed by atoms with van der Waals surface area (Å²) in [5, 5.41) is 11.3. The monoisotopic (exact) mass is 339 g/mol. The van der Waals surface area contributed by atoms with E-state index in [1.807, 2.05) is 12.1 Å². The second-order valence-corrected chi connectivity index (χ2v) is 6.21. The topological polar surface area (TPSA) is 99.6 Å². The first-order valence-electron chi connectivity index (χ1n) is 7.20. The molecule has 2 amide bonds. The Labute approximate surface area is 139 Å². The summed E-state index contributed by atoms with van der Waals surface area (Å²) in [6.07, 6.45) is 3.98. The molecule has 2 N–H and O–H groups in total. The fourth-order valence-electron chi connectivity index (χ4n) is 1.77. The average Bonchev–Trinajstić information content (AvgIpc) is 2.51. The fraction of sp³-hybridized carbons (Fsp3) is 0.467. The number of aromatic nitrogens is 1. The standard InChI is InChI=1S/C15H21N3O4S/c1-11(14(20)21)17-15(22)18(9-10-23-12(2)19)8-5-13-3-6-16-7-4-13/h3-4,6-7,11H,5,8-10H2,1-2H3,(H,17,22)(H,20,21)/t11-/m0/s1. The molecule has 0 saturated carbocycles.